The number of nitrogens with zero attached hydrogens (tertiary/aromatic N) is 2. The highest BCUT2D eigenvalue weighted by Gasteiger charge is 2.23. The Kier molecular flexibility index (Phi) is 9.23. The molecule has 26 heavy (non-hydrogen) atoms. The summed E-state index contributed by atoms with van der Waals surface area (Å²) >= 11 is 0. The van der Waals surface area contributed by atoms with E-state index in [4.69, 9.17) is 4.74 Å². The highest BCUT2D eigenvalue weighted by Crippen LogP contribution is 2.26. The van der Waals surface area contributed by atoms with Gasteiger partial charge in [-0.15, -0.1) is 0 Å². The zero-order valence-electron chi connectivity index (χ0n) is 16.9. The van der Waals surface area contributed by atoms with Crippen LogP contribution in [0.3, 0.4) is 0 Å². The van der Waals surface area contributed by atoms with Crippen LogP contribution in [0.25, 0.3) is 0 Å². The first-order chi connectivity index (χ1) is 12.6. The minimum absolute atomic E-state index is 0.0236. The maximum absolute atomic E-state index is 11.6. The predicted molar refractivity (Wildman–Crippen MR) is 106 cm³/mol. The number of piperidine rings is 1. The number of amides is 1. The van der Waals surface area contributed by atoms with Gasteiger partial charge in [0.2, 0.25) is 5.91 Å². The van der Waals surface area contributed by atoms with Crippen molar-refractivity contribution in [1.29, 1.82) is 0 Å². The molecule has 2 rings (SSSR count). The molecule has 1 amide bonds. The molecular weight excluding hydrogens is 328 g/mol. The Hall–Kier alpha value is -1.30. The molecule has 1 aliphatic carbocycles. The smallest absolute Gasteiger partial charge is 0.222 e. The van der Waals surface area contributed by atoms with Crippen molar-refractivity contribution in [2.75, 3.05) is 39.3 Å². The monoisotopic (exact) mass is 366 g/mol. The lowest BCUT2D eigenvalue weighted by atomic mass is 10.1. The van der Waals surface area contributed by atoms with Gasteiger partial charge in [0.1, 0.15) is 0 Å². The van der Waals surface area contributed by atoms with Crippen LogP contribution in [0.4, 0.5) is 0 Å². The molecule has 1 heterocycles. The van der Waals surface area contributed by atoms with Gasteiger partial charge in [0.15, 0.2) is 5.96 Å². The van der Waals surface area contributed by atoms with E-state index in [0.717, 1.165) is 51.0 Å². The van der Waals surface area contributed by atoms with Crippen molar-refractivity contribution in [3.8, 4) is 0 Å². The molecule has 2 aliphatic rings. The molecule has 1 saturated heterocycles. The number of carbonyl (C=O) groups is 1. The van der Waals surface area contributed by atoms with Crippen molar-refractivity contribution in [1.82, 2.24) is 15.5 Å². The summed E-state index contributed by atoms with van der Waals surface area (Å²) in [5.74, 6) is 1.87. The number of carbonyl (C=O) groups excluding carboxylic acids is 1. The Morgan fingerprint density at radius 2 is 1.85 bits per heavy atom. The number of aliphatic imine (C=N–C) groups is 1. The van der Waals surface area contributed by atoms with Gasteiger partial charge >= 0.3 is 0 Å². The second-order valence-electron chi connectivity index (χ2n) is 7.85. The number of rotatable bonds is 8. The number of guanidine groups is 1. The Morgan fingerprint density at radius 3 is 2.46 bits per heavy atom. The van der Waals surface area contributed by atoms with Crippen LogP contribution in [0.2, 0.25) is 0 Å². The van der Waals surface area contributed by atoms with Crippen LogP contribution in [0.1, 0.15) is 59.3 Å². The zero-order valence-corrected chi connectivity index (χ0v) is 16.9. The Labute approximate surface area is 159 Å². The molecule has 0 aromatic rings. The third-order valence-electron chi connectivity index (χ3n) is 5.32. The molecule has 1 saturated carbocycles. The van der Waals surface area contributed by atoms with E-state index in [1.165, 1.54) is 25.7 Å². The SMILES string of the molecule is CCNC(=NCCNC(=O)C(C)C)N1CCC(OCC2CCCC2)CC1. The predicted octanol–water partition coefficient (Wildman–Crippen LogP) is 2.40. The van der Waals surface area contributed by atoms with Crippen LogP contribution in [0, 0.1) is 11.8 Å². The average molecular weight is 367 g/mol. The van der Waals surface area contributed by atoms with Gasteiger partial charge in [0.25, 0.3) is 0 Å². The standard InChI is InChI=1S/C20H38N4O2/c1-4-21-20(23-12-11-22-19(25)16(2)3)24-13-9-18(10-14-24)26-15-17-7-5-6-8-17/h16-18H,4-15H2,1-3H3,(H,21,23)(H,22,25). The molecule has 2 N–H and O–H groups in total. The molecule has 150 valence electrons. The first-order valence-corrected chi connectivity index (χ1v) is 10.5. The summed E-state index contributed by atoms with van der Waals surface area (Å²) < 4.78 is 6.17. The van der Waals surface area contributed by atoms with E-state index >= 15 is 0 Å². The summed E-state index contributed by atoms with van der Waals surface area (Å²) in [5, 5.41) is 6.30. The lowest BCUT2D eigenvalue weighted by Crippen LogP contribution is -2.47. The second-order valence-corrected chi connectivity index (χ2v) is 7.85. The summed E-state index contributed by atoms with van der Waals surface area (Å²) in [4.78, 5) is 18.6. The number of ether oxygens (including phenoxy) is 1. The highest BCUT2D eigenvalue weighted by atomic mass is 16.5. The van der Waals surface area contributed by atoms with Crippen molar-refractivity contribution < 1.29 is 9.53 Å². The normalized spacial score (nSPS) is 20.0. The third kappa shape index (κ3) is 7.14. The molecule has 0 bridgehead atoms. The van der Waals surface area contributed by atoms with Crippen molar-refractivity contribution in [2.45, 2.75) is 65.4 Å². The third-order valence-corrected chi connectivity index (χ3v) is 5.32. The highest BCUT2D eigenvalue weighted by molar-refractivity contribution is 5.80. The first kappa shape index (κ1) is 21.0. The fourth-order valence-electron chi connectivity index (χ4n) is 3.65. The van der Waals surface area contributed by atoms with E-state index in [2.05, 4.69) is 27.4 Å². The zero-order chi connectivity index (χ0) is 18.8. The molecule has 6 nitrogen and oxygen atoms in total. The van der Waals surface area contributed by atoms with Gasteiger partial charge in [-0.3, -0.25) is 9.79 Å². The van der Waals surface area contributed by atoms with Gasteiger partial charge in [-0.25, -0.2) is 0 Å². The number of hydrogen-bond acceptors (Lipinski definition) is 3. The van der Waals surface area contributed by atoms with Crippen LogP contribution in [-0.2, 0) is 9.53 Å². The van der Waals surface area contributed by atoms with Crippen LogP contribution < -0.4 is 10.6 Å². The molecule has 0 radical (unpaired) electrons. The van der Waals surface area contributed by atoms with Gasteiger partial charge in [-0.05, 0) is 38.5 Å². The average Bonchev–Trinajstić information content (AvgIpc) is 3.16. The quantitative estimate of drug-likeness (QED) is 0.393. The van der Waals surface area contributed by atoms with E-state index in [-0.39, 0.29) is 11.8 Å². The van der Waals surface area contributed by atoms with Crippen molar-refractivity contribution >= 4 is 11.9 Å². The first-order valence-electron chi connectivity index (χ1n) is 10.5. The van der Waals surface area contributed by atoms with Gasteiger partial charge in [-0.2, -0.15) is 0 Å². The van der Waals surface area contributed by atoms with Gasteiger partial charge < -0.3 is 20.3 Å². The molecule has 0 unspecified atom stereocenters. The number of hydrogen-bond donors (Lipinski definition) is 2. The minimum atomic E-state index is 0.0236. The van der Waals surface area contributed by atoms with Crippen LogP contribution in [0.5, 0.6) is 0 Å². The van der Waals surface area contributed by atoms with Crippen molar-refractivity contribution in [2.24, 2.45) is 16.8 Å². The molecule has 0 atom stereocenters. The van der Waals surface area contributed by atoms with Gasteiger partial charge in [0, 0.05) is 38.7 Å². The largest absolute Gasteiger partial charge is 0.378 e. The molecule has 6 heteroatoms. The van der Waals surface area contributed by atoms with E-state index in [1.54, 1.807) is 0 Å². The second kappa shape index (κ2) is 11.4. The summed E-state index contributed by atoms with van der Waals surface area (Å²) in [5.41, 5.74) is 0. The fourth-order valence-corrected chi connectivity index (χ4v) is 3.65. The summed E-state index contributed by atoms with van der Waals surface area (Å²) in [6.07, 6.45) is 8.01. The number of nitrogens with one attached hydrogen (secondary N) is 2. The van der Waals surface area contributed by atoms with E-state index in [1.807, 2.05) is 13.8 Å². The van der Waals surface area contributed by atoms with Crippen LogP contribution >= 0.6 is 0 Å². The molecular formula is C20H38N4O2. The van der Waals surface area contributed by atoms with E-state index in [0.29, 0.717) is 19.2 Å². The molecule has 1 aliphatic heterocycles. The molecule has 2 fully saturated rings. The number of likely N-dealkylation sites (tertiary alicyclic amines) is 1. The van der Waals surface area contributed by atoms with E-state index in [9.17, 15) is 4.79 Å². The Morgan fingerprint density at radius 1 is 1.15 bits per heavy atom. The Balaban J connectivity index is 1.70. The summed E-state index contributed by atoms with van der Waals surface area (Å²) in [7, 11) is 0. The van der Waals surface area contributed by atoms with Crippen molar-refractivity contribution in [3.05, 3.63) is 0 Å². The lowest BCUT2D eigenvalue weighted by Gasteiger charge is -2.34. The summed E-state index contributed by atoms with van der Waals surface area (Å²) in [6, 6.07) is 0. The fraction of sp³-hybridized carbons (Fsp3) is 0.900. The topological polar surface area (TPSA) is 66.0 Å². The lowest BCUT2D eigenvalue weighted by molar-refractivity contribution is -0.123. The molecule has 0 spiro atoms. The van der Waals surface area contributed by atoms with Crippen LogP contribution in [-0.4, -0.2) is 62.2 Å². The van der Waals surface area contributed by atoms with Gasteiger partial charge in [0.05, 0.1) is 12.6 Å². The maximum atomic E-state index is 11.6. The van der Waals surface area contributed by atoms with Crippen LogP contribution in [0.15, 0.2) is 4.99 Å². The summed E-state index contributed by atoms with van der Waals surface area (Å²) in [6.45, 7) is 10.9. The minimum Gasteiger partial charge on any atom is -0.378 e. The van der Waals surface area contributed by atoms with Gasteiger partial charge in [-0.1, -0.05) is 26.7 Å². The van der Waals surface area contributed by atoms with E-state index < -0.39 is 0 Å². The maximum Gasteiger partial charge on any atom is 0.222 e. The molecule has 0 aromatic heterocycles. The molecule has 0 aromatic carbocycles. The Bertz CT molecular complexity index is 439. The van der Waals surface area contributed by atoms with Crippen molar-refractivity contribution in [3.63, 3.8) is 0 Å².